The topological polar surface area (TPSA) is 61.4 Å². The summed E-state index contributed by atoms with van der Waals surface area (Å²) in [6, 6.07) is 9.09. The fraction of sp³-hybridized carbons (Fsp3) is 0.680. The van der Waals surface area contributed by atoms with Crippen LogP contribution < -0.4 is 10.6 Å². The molecule has 0 unspecified atom stereocenters. The van der Waals surface area contributed by atoms with E-state index in [1.165, 1.54) is 36.8 Å². The van der Waals surface area contributed by atoms with Crippen LogP contribution in [0, 0.1) is 12.8 Å². The summed E-state index contributed by atoms with van der Waals surface area (Å²) < 4.78 is 0. The van der Waals surface area contributed by atoms with E-state index in [1.54, 1.807) is 0 Å². The summed E-state index contributed by atoms with van der Waals surface area (Å²) >= 11 is 0. The Morgan fingerprint density at radius 2 is 1.70 bits per heavy atom. The number of hydrogen-bond donors (Lipinski definition) is 2. The maximum Gasteiger partial charge on any atom is 0.315 e. The van der Waals surface area contributed by atoms with Crippen molar-refractivity contribution in [2.75, 3.05) is 19.6 Å². The highest BCUT2D eigenvalue weighted by Gasteiger charge is 2.22. The van der Waals surface area contributed by atoms with Gasteiger partial charge in [-0.15, -0.1) is 0 Å². The molecule has 2 aliphatic rings. The molecule has 3 rings (SSSR count). The van der Waals surface area contributed by atoms with Crippen molar-refractivity contribution in [2.45, 2.75) is 83.6 Å². The largest absolute Gasteiger partial charge is 0.343 e. The van der Waals surface area contributed by atoms with Crippen LogP contribution in [0.2, 0.25) is 0 Å². The number of aryl methyl sites for hydroxylation is 2. The van der Waals surface area contributed by atoms with Crippen LogP contribution >= 0.6 is 0 Å². The van der Waals surface area contributed by atoms with Gasteiger partial charge in [0, 0.05) is 32.1 Å². The molecule has 5 heteroatoms. The van der Waals surface area contributed by atoms with E-state index in [2.05, 4.69) is 41.8 Å². The molecule has 2 N–H and O–H groups in total. The first-order valence-electron chi connectivity index (χ1n) is 12.0. The van der Waals surface area contributed by atoms with E-state index >= 15 is 0 Å². The summed E-state index contributed by atoms with van der Waals surface area (Å²) in [5.74, 6) is 0.960. The predicted molar refractivity (Wildman–Crippen MR) is 121 cm³/mol. The second kappa shape index (κ2) is 12.0. The van der Waals surface area contributed by atoms with E-state index < -0.39 is 0 Å². The third-order valence-corrected chi connectivity index (χ3v) is 6.72. The Labute approximate surface area is 182 Å². The number of piperidine rings is 1. The molecule has 166 valence electrons. The molecule has 2 fully saturated rings. The molecular weight excluding hydrogens is 374 g/mol. The van der Waals surface area contributed by atoms with Crippen LogP contribution in [0.4, 0.5) is 4.79 Å². The van der Waals surface area contributed by atoms with E-state index in [9.17, 15) is 9.59 Å². The number of hydrogen-bond acceptors (Lipinski definition) is 2. The van der Waals surface area contributed by atoms with Gasteiger partial charge < -0.3 is 15.5 Å². The Balaban J connectivity index is 1.24. The highest BCUT2D eigenvalue weighted by Crippen LogP contribution is 2.23. The minimum Gasteiger partial charge on any atom is -0.343 e. The van der Waals surface area contributed by atoms with Crippen molar-refractivity contribution in [3.05, 3.63) is 35.4 Å². The molecule has 1 aliphatic carbocycles. The zero-order chi connectivity index (χ0) is 21.2. The van der Waals surface area contributed by atoms with Gasteiger partial charge in [-0.1, -0.05) is 49.1 Å². The lowest BCUT2D eigenvalue weighted by Crippen LogP contribution is -2.43. The second-order valence-corrected chi connectivity index (χ2v) is 9.19. The third kappa shape index (κ3) is 7.66. The maximum absolute atomic E-state index is 12.5. The number of urea groups is 1. The zero-order valence-electron chi connectivity index (χ0n) is 18.6. The lowest BCUT2D eigenvalue weighted by atomic mass is 9.90. The Morgan fingerprint density at radius 3 is 2.40 bits per heavy atom. The maximum atomic E-state index is 12.5. The molecule has 1 aliphatic heterocycles. The van der Waals surface area contributed by atoms with Gasteiger partial charge in [0.1, 0.15) is 0 Å². The smallest absolute Gasteiger partial charge is 0.315 e. The average molecular weight is 414 g/mol. The number of nitrogens with one attached hydrogen (secondary N) is 2. The quantitative estimate of drug-likeness (QED) is 0.613. The SMILES string of the molecule is Cc1ccc(CCC2CCN(C(=O)CCCNC(=O)NC3CCCCC3)CC2)cc1. The van der Waals surface area contributed by atoms with Gasteiger partial charge >= 0.3 is 6.03 Å². The highest BCUT2D eigenvalue weighted by molar-refractivity contribution is 5.76. The molecule has 1 aromatic carbocycles. The number of carbonyl (C=O) groups excluding carboxylic acids is 2. The van der Waals surface area contributed by atoms with Crippen molar-refractivity contribution in [3.63, 3.8) is 0 Å². The molecule has 0 spiro atoms. The number of amides is 3. The lowest BCUT2D eigenvalue weighted by molar-refractivity contribution is -0.132. The van der Waals surface area contributed by atoms with Crippen LogP contribution in [0.3, 0.4) is 0 Å². The van der Waals surface area contributed by atoms with Crippen LogP contribution in [0.1, 0.15) is 75.3 Å². The normalized spacial score (nSPS) is 18.2. The molecule has 0 bridgehead atoms. The Hall–Kier alpha value is -2.04. The summed E-state index contributed by atoms with van der Waals surface area (Å²) in [5, 5.41) is 5.97. The molecule has 3 amide bonds. The van der Waals surface area contributed by atoms with Crippen molar-refractivity contribution >= 4 is 11.9 Å². The van der Waals surface area contributed by atoms with E-state index in [0.29, 0.717) is 25.4 Å². The second-order valence-electron chi connectivity index (χ2n) is 9.19. The monoisotopic (exact) mass is 413 g/mol. The van der Waals surface area contributed by atoms with Crippen molar-refractivity contribution < 1.29 is 9.59 Å². The number of benzene rings is 1. The van der Waals surface area contributed by atoms with Crippen LogP contribution in [0.5, 0.6) is 0 Å². The molecule has 1 saturated heterocycles. The van der Waals surface area contributed by atoms with Gasteiger partial charge in [0.2, 0.25) is 5.91 Å². The Bertz CT molecular complexity index is 659. The van der Waals surface area contributed by atoms with Gasteiger partial charge in [-0.2, -0.15) is 0 Å². The molecule has 1 aromatic rings. The summed E-state index contributed by atoms with van der Waals surface area (Å²) in [4.78, 5) is 26.5. The Morgan fingerprint density at radius 1 is 1.00 bits per heavy atom. The average Bonchev–Trinajstić information content (AvgIpc) is 2.77. The molecule has 0 atom stereocenters. The number of rotatable bonds is 8. The summed E-state index contributed by atoms with van der Waals surface area (Å²) in [7, 11) is 0. The van der Waals surface area contributed by atoms with Gasteiger partial charge in [-0.25, -0.2) is 4.79 Å². The molecule has 5 nitrogen and oxygen atoms in total. The number of nitrogens with zero attached hydrogens (tertiary/aromatic N) is 1. The molecule has 1 heterocycles. The molecule has 1 saturated carbocycles. The summed E-state index contributed by atoms with van der Waals surface area (Å²) in [6.45, 7) is 4.45. The highest BCUT2D eigenvalue weighted by atomic mass is 16.2. The van der Waals surface area contributed by atoms with Gasteiger partial charge in [-0.05, 0) is 63.4 Å². The first-order chi connectivity index (χ1) is 14.6. The van der Waals surface area contributed by atoms with E-state index in [1.807, 2.05) is 4.90 Å². The van der Waals surface area contributed by atoms with Crippen molar-refractivity contribution in [1.29, 1.82) is 0 Å². The van der Waals surface area contributed by atoms with E-state index in [-0.39, 0.29) is 11.9 Å². The van der Waals surface area contributed by atoms with E-state index in [0.717, 1.165) is 51.1 Å². The van der Waals surface area contributed by atoms with Crippen LogP contribution in [0.25, 0.3) is 0 Å². The van der Waals surface area contributed by atoms with E-state index in [4.69, 9.17) is 0 Å². The van der Waals surface area contributed by atoms with Crippen molar-refractivity contribution in [3.8, 4) is 0 Å². The first-order valence-corrected chi connectivity index (χ1v) is 12.0. The summed E-state index contributed by atoms with van der Waals surface area (Å²) in [5.41, 5.74) is 2.73. The number of carbonyl (C=O) groups is 2. The fourth-order valence-corrected chi connectivity index (χ4v) is 4.68. The summed E-state index contributed by atoms with van der Waals surface area (Å²) in [6.07, 6.45) is 11.7. The van der Waals surface area contributed by atoms with Gasteiger partial charge in [0.15, 0.2) is 0 Å². The molecule has 0 radical (unpaired) electrons. The van der Waals surface area contributed by atoms with Gasteiger partial charge in [-0.3, -0.25) is 4.79 Å². The van der Waals surface area contributed by atoms with Crippen LogP contribution in [0.15, 0.2) is 24.3 Å². The minimum absolute atomic E-state index is 0.0799. The predicted octanol–water partition coefficient (Wildman–Crippen LogP) is 4.58. The fourth-order valence-electron chi connectivity index (χ4n) is 4.68. The standard InChI is InChI=1S/C25H39N3O2/c1-20-9-11-21(12-10-20)13-14-22-15-18-28(19-16-22)24(29)8-5-17-26-25(30)27-23-6-3-2-4-7-23/h9-12,22-23H,2-8,13-19H2,1H3,(H2,26,27,30). The van der Waals surface area contributed by atoms with Crippen LogP contribution in [-0.4, -0.2) is 42.5 Å². The van der Waals surface area contributed by atoms with Crippen molar-refractivity contribution in [2.24, 2.45) is 5.92 Å². The zero-order valence-corrected chi connectivity index (χ0v) is 18.6. The van der Waals surface area contributed by atoms with Crippen molar-refractivity contribution in [1.82, 2.24) is 15.5 Å². The first kappa shape index (κ1) is 22.6. The molecule has 0 aromatic heterocycles. The molecule has 30 heavy (non-hydrogen) atoms. The number of likely N-dealkylation sites (tertiary alicyclic amines) is 1. The third-order valence-electron chi connectivity index (χ3n) is 6.72. The lowest BCUT2D eigenvalue weighted by Gasteiger charge is -2.32. The van der Waals surface area contributed by atoms with Gasteiger partial charge in [0.25, 0.3) is 0 Å². The van der Waals surface area contributed by atoms with Gasteiger partial charge in [0.05, 0.1) is 0 Å². The Kier molecular flexibility index (Phi) is 9.03. The minimum atomic E-state index is -0.0799. The van der Waals surface area contributed by atoms with Crippen LogP contribution in [-0.2, 0) is 11.2 Å². The molecular formula is C25H39N3O2.